The number of benzene rings is 3. The number of allylic oxidation sites excluding steroid dienone is 1. The SMILES string of the molecule is CC/C(=C(/c1ccc(OCCCCCCO)cc1)c1ccc2[nH]ncc2c1)c1ccc(Cl)cc1F. The maximum atomic E-state index is 15.0. The molecule has 0 saturated heterocycles. The van der Waals surface area contributed by atoms with Crippen molar-refractivity contribution in [1.82, 2.24) is 10.2 Å². The second-order valence-corrected chi connectivity index (χ2v) is 8.95. The Morgan fingerprint density at radius 1 is 0.971 bits per heavy atom. The van der Waals surface area contributed by atoms with Gasteiger partial charge in [-0.1, -0.05) is 49.2 Å². The number of aliphatic hydroxyl groups is 1. The van der Waals surface area contributed by atoms with Gasteiger partial charge in [0.1, 0.15) is 11.6 Å². The summed E-state index contributed by atoms with van der Waals surface area (Å²) in [5.41, 5.74) is 5.33. The number of rotatable bonds is 11. The standard InChI is InChI=1S/C29H30ClFN2O2/c1-2-25(26-13-10-23(30)18-27(26)31)29(21-9-14-28-22(17-21)19-32-33-28)20-7-11-24(12-8-20)35-16-6-4-3-5-15-34/h7-14,17-19,34H,2-6,15-16H2,1H3,(H,32,33)/b29-25+. The second kappa shape index (κ2) is 12.0. The van der Waals surface area contributed by atoms with Crippen LogP contribution in [0.3, 0.4) is 0 Å². The molecule has 4 aromatic rings. The van der Waals surface area contributed by atoms with E-state index in [1.54, 1.807) is 18.3 Å². The molecule has 0 aliphatic heterocycles. The van der Waals surface area contributed by atoms with Crippen molar-refractivity contribution in [3.8, 4) is 5.75 Å². The molecule has 0 atom stereocenters. The zero-order chi connectivity index (χ0) is 24.6. The summed E-state index contributed by atoms with van der Waals surface area (Å²) in [4.78, 5) is 0. The fourth-order valence-corrected chi connectivity index (χ4v) is 4.48. The van der Waals surface area contributed by atoms with Crippen molar-refractivity contribution in [2.45, 2.75) is 39.0 Å². The van der Waals surface area contributed by atoms with E-state index in [0.717, 1.165) is 64.6 Å². The van der Waals surface area contributed by atoms with E-state index >= 15 is 4.39 Å². The summed E-state index contributed by atoms with van der Waals surface area (Å²) in [6, 6.07) is 18.9. The number of aliphatic hydroxyl groups excluding tert-OH is 1. The lowest BCUT2D eigenvalue weighted by atomic mass is 9.87. The lowest BCUT2D eigenvalue weighted by Crippen LogP contribution is -1.99. The van der Waals surface area contributed by atoms with E-state index in [-0.39, 0.29) is 12.4 Å². The van der Waals surface area contributed by atoms with Crippen LogP contribution in [0.5, 0.6) is 5.75 Å². The van der Waals surface area contributed by atoms with Crippen molar-refractivity contribution >= 4 is 33.7 Å². The molecule has 0 amide bonds. The number of fused-ring (bicyclic) bond motifs is 1. The highest BCUT2D eigenvalue weighted by molar-refractivity contribution is 6.30. The van der Waals surface area contributed by atoms with Gasteiger partial charge in [-0.15, -0.1) is 0 Å². The van der Waals surface area contributed by atoms with Crippen molar-refractivity contribution in [2.24, 2.45) is 0 Å². The molecule has 3 aromatic carbocycles. The van der Waals surface area contributed by atoms with Gasteiger partial charge in [-0.2, -0.15) is 5.10 Å². The molecule has 0 saturated carbocycles. The van der Waals surface area contributed by atoms with Crippen molar-refractivity contribution < 1.29 is 14.2 Å². The Balaban J connectivity index is 1.70. The lowest BCUT2D eigenvalue weighted by Gasteiger charge is -2.17. The average Bonchev–Trinajstić information content (AvgIpc) is 3.34. The quantitative estimate of drug-likeness (QED) is 0.167. The summed E-state index contributed by atoms with van der Waals surface area (Å²) >= 11 is 6.03. The first-order valence-corrected chi connectivity index (χ1v) is 12.4. The van der Waals surface area contributed by atoms with Crippen LogP contribution in [0.2, 0.25) is 5.02 Å². The zero-order valence-corrected chi connectivity index (χ0v) is 20.6. The molecular formula is C29H30ClFN2O2. The Labute approximate surface area is 210 Å². The third kappa shape index (κ3) is 6.11. The van der Waals surface area contributed by atoms with E-state index in [2.05, 4.69) is 16.3 Å². The Kier molecular flexibility index (Phi) is 8.56. The molecule has 4 nitrogen and oxygen atoms in total. The summed E-state index contributed by atoms with van der Waals surface area (Å²) < 4.78 is 20.9. The van der Waals surface area contributed by atoms with Gasteiger partial charge in [-0.05, 0) is 84.4 Å². The molecule has 0 unspecified atom stereocenters. The predicted octanol–water partition coefficient (Wildman–Crippen LogP) is 7.66. The van der Waals surface area contributed by atoms with Crippen LogP contribution in [0.1, 0.15) is 55.7 Å². The normalized spacial score (nSPS) is 12.1. The van der Waals surface area contributed by atoms with Crippen LogP contribution >= 0.6 is 11.6 Å². The summed E-state index contributed by atoms with van der Waals surface area (Å²) in [7, 11) is 0. The van der Waals surface area contributed by atoms with Gasteiger partial charge < -0.3 is 9.84 Å². The summed E-state index contributed by atoms with van der Waals surface area (Å²) in [6.07, 6.45) is 6.27. The molecule has 0 aliphatic rings. The number of halogens is 2. The van der Waals surface area contributed by atoms with Gasteiger partial charge >= 0.3 is 0 Å². The first-order chi connectivity index (χ1) is 17.1. The van der Waals surface area contributed by atoms with E-state index < -0.39 is 0 Å². The average molecular weight is 493 g/mol. The molecule has 1 heterocycles. The first kappa shape index (κ1) is 25.0. The van der Waals surface area contributed by atoms with Gasteiger partial charge in [0.25, 0.3) is 0 Å². The molecule has 182 valence electrons. The summed E-state index contributed by atoms with van der Waals surface area (Å²) in [5, 5.41) is 17.4. The number of hydrogen-bond donors (Lipinski definition) is 2. The van der Waals surface area contributed by atoms with E-state index in [0.29, 0.717) is 23.6 Å². The number of aromatic nitrogens is 2. The highest BCUT2D eigenvalue weighted by atomic mass is 35.5. The Bertz CT molecular complexity index is 1300. The van der Waals surface area contributed by atoms with E-state index in [1.165, 1.54) is 6.07 Å². The number of aromatic amines is 1. The van der Waals surface area contributed by atoms with Gasteiger partial charge in [0.2, 0.25) is 0 Å². The van der Waals surface area contributed by atoms with Gasteiger partial charge in [0.05, 0.1) is 18.3 Å². The number of ether oxygens (including phenoxy) is 1. The largest absolute Gasteiger partial charge is 0.494 e. The fourth-order valence-electron chi connectivity index (χ4n) is 4.32. The maximum Gasteiger partial charge on any atom is 0.132 e. The maximum absolute atomic E-state index is 15.0. The molecule has 0 spiro atoms. The highest BCUT2D eigenvalue weighted by Crippen LogP contribution is 2.37. The monoisotopic (exact) mass is 492 g/mol. The Morgan fingerprint density at radius 3 is 2.49 bits per heavy atom. The van der Waals surface area contributed by atoms with Crippen LogP contribution < -0.4 is 4.74 Å². The van der Waals surface area contributed by atoms with Gasteiger partial charge in [-0.25, -0.2) is 4.39 Å². The molecule has 2 N–H and O–H groups in total. The molecule has 0 fully saturated rings. The molecule has 0 bridgehead atoms. The van der Waals surface area contributed by atoms with Crippen molar-refractivity contribution in [1.29, 1.82) is 0 Å². The smallest absolute Gasteiger partial charge is 0.132 e. The minimum atomic E-state index is -0.336. The van der Waals surface area contributed by atoms with Crippen LogP contribution in [-0.2, 0) is 0 Å². The minimum absolute atomic E-state index is 0.241. The number of hydrogen-bond acceptors (Lipinski definition) is 3. The zero-order valence-electron chi connectivity index (χ0n) is 19.9. The lowest BCUT2D eigenvalue weighted by molar-refractivity contribution is 0.273. The van der Waals surface area contributed by atoms with Crippen LogP contribution in [0.15, 0.2) is 66.9 Å². The minimum Gasteiger partial charge on any atom is -0.494 e. The van der Waals surface area contributed by atoms with Crippen LogP contribution in [0.25, 0.3) is 22.0 Å². The van der Waals surface area contributed by atoms with Crippen molar-refractivity contribution in [2.75, 3.05) is 13.2 Å². The molecule has 0 aliphatic carbocycles. The predicted molar refractivity (Wildman–Crippen MR) is 141 cm³/mol. The van der Waals surface area contributed by atoms with Gasteiger partial charge in [0, 0.05) is 22.6 Å². The molecule has 4 rings (SSSR count). The first-order valence-electron chi connectivity index (χ1n) is 12.1. The molecule has 1 aromatic heterocycles. The van der Waals surface area contributed by atoms with Crippen molar-refractivity contribution in [3.05, 3.63) is 94.4 Å². The second-order valence-electron chi connectivity index (χ2n) is 8.51. The molecular weight excluding hydrogens is 463 g/mol. The van der Waals surface area contributed by atoms with Crippen LogP contribution in [0, 0.1) is 5.82 Å². The van der Waals surface area contributed by atoms with Crippen LogP contribution in [0.4, 0.5) is 4.39 Å². The Hall–Kier alpha value is -3.15. The molecule has 0 radical (unpaired) electrons. The topological polar surface area (TPSA) is 58.1 Å². The van der Waals surface area contributed by atoms with E-state index in [9.17, 15) is 0 Å². The van der Waals surface area contributed by atoms with E-state index in [1.807, 2.05) is 43.3 Å². The number of H-pyrrole nitrogens is 1. The van der Waals surface area contributed by atoms with Gasteiger partial charge in [-0.3, -0.25) is 5.10 Å². The number of nitrogens with one attached hydrogen (secondary N) is 1. The third-order valence-corrected chi connectivity index (χ3v) is 6.34. The number of nitrogens with zero attached hydrogens (tertiary/aromatic N) is 1. The summed E-state index contributed by atoms with van der Waals surface area (Å²) in [6.45, 7) is 2.92. The fraction of sp³-hybridized carbons (Fsp3) is 0.276. The van der Waals surface area contributed by atoms with E-state index in [4.69, 9.17) is 21.4 Å². The summed E-state index contributed by atoms with van der Waals surface area (Å²) in [5.74, 6) is 0.466. The number of unbranched alkanes of at least 4 members (excludes halogenated alkanes) is 3. The Morgan fingerprint density at radius 2 is 1.74 bits per heavy atom. The van der Waals surface area contributed by atoms with Gasteiger partial charge in [0.15, 0.2) is 0 Å². The molecule has 6 heteroatoms. The van der Waals surface area contributed by atoms with Crippen LogP contribution in [-0.4, -0.2) is 28.5 Å². The third-order valence-electron chi connectivity index (χ3n) is 6.10. The van der Waals surface area contributed by atoms with Crippen molar-refractivity contribution in [3.63, 3.8) is 0 Å². The highest BCUT2D eigenvalue weighted by Gasteiger charge is 2.17. The molecule has 35 heavy (non-hydrogen) atoms.